The topological polar surface area (TPSA) is 83.8 Å². The van der Waals surface area contributed by atoms with Gasteiger partial charge in [0.25, 0.3) is 5.91 Å². The lowest BCUT2D eigenvalue weighted by atomic mass is 9.75. The van der Waals surface area contributed by atoms with Crippen molar-refractivity contribution in [2.24, 2.45) is 5.41 Å². The van der Waals surface area contributed by atoms with E-state index in [1.807, 2.05) is 0 Å². The number of nitrogens with zero attached hydrogens (tertiary/aromatic N) is 1. The van der Waals surface area contributed by atoms with E-state index in [0.717, 1.165) is 25.7 Å². The normalized spacial score (nSPS) is 20.1. The fraction of sp³-hybridized carbons (Fsp3) is 0.667. The SMILES string of the molecule is CC1(C)CCC(NC(=O)c2cc(N)n[nH]2)CC1. The Kier molecular flexibility index (Phi) is 3.09. The Morgan fingerprint density at radius 3 is 2.71 bits per heavy atom. The van der Waals surface area contributed by atoms with Gasteiger partial charge in [0.2, 0.25) is 0 Å². The quantitative estimate of drug-likeness (QED) is 0.730. The number of aromatic amines is 1. The third kappa shape index (κ3) is 2.99. The van der Waals surface area contributed by atoms with Crippen molar-refractivity contribution in [3.63, 3.8) is 0 Å². The van der Waals surface area contributed by atoms with E-state index in [-0.39, 0.29) is 11.9 Å². The summed E-state index contributed by atoms with van der Waals surface area (Å²) in [5.74, 6) is 0.235. The van der Waals surface area contributed by atoms with Gasteiger partial charge in [0, 0.05) is 12.1 Å². The van der Waals surface area contributed by atoms with Gasteiger partial charge in [-0.05, 0) is 31.1 Å². The van der Waals surface area contributed by atoms with Crippen LogP contribution < -0.4 is 11.1 Å². The highest BCUT2D eigenvalue weighted by atomic mass is 16.2. The molecule has 0 unspecified atom stereocenters. The number of aromatic nitrogens is 2. The highest BCUT2D eigenvalue weighted by Crippen LogP contribution is 2.34. The van der Waals surface area contributed by atoms with Crippen LogP contribution in [0.4, 0.5) is 5.82 Å². The molecule has 1 saturated carbocycles. The third-order valence-corrected chi connectivity index (χ3v) is 3.52. The molecule has 0 bridgehead atoms. The maximum atomic E-state index is 11.8. The lowest BCUT2D eigenvalue weighted by Gasteiger charge is -2.34. The first-order chi connectivity index (χ1) is 7.96. The van der Waals surface area contributed by atoms with Gasteiger partial charge >= 0.3 is 0 Å². The minimum absolute atomic E-state index is 0.112. The number of carbonyl (C=O) groups is 1. The summed E-state index contributed by atoms with van der Waals surface area (Å²) in [6.45, 7) is 4.56. The van der Waals surface area contributed by atoms with Crippen LogP contribution in [0.1, 0.15) is 50.0 Å². The van der Waals surface area contributed by atoms with E-state index in [1.165, 1.54) is 0 Å². The Hall–Kier alpha value is -1.52. The molecule has 0 atom stereocenters. The summed E-state index contributed by atoms with van der Waals surface area (Å²) in [7, 11) is 0. The molecule has 94 valence electrons. The minimum Gasteiger partial charge on any atom is -0.382 e. The first-order valence-corrected chi connectivity index (χ1v) is 6.08. The second kappa shape index (κ2) is 4.39. The van der Waals surface area contributed by atoms with Crippen molar-refractivity contribution in [2.75, 3.05) is 5.73 Å². The second-order valence-electron chi connectivity index (χ2n) is 5.62. The lowest BCUT2D eigenvalue weighted by molar-refractivity contribution is 0.0904. The Morgan fingerprint density at radius 2 is 2.18 bits per heavy atom. The molecule has 1 fully saturated rings. The van der Waals surface area contributed by atoms with Crippen molar-refractivity contribution in [1.29, 1.82) is 0 Å². The average Bonchev–Trinajstić information content (AvgIpc) is 2.68. The average molecular weight is 236 g/mol. The number of rotatable bonds is 2. The summed E-state index contributed by atoms with van der Waals surface area (Å²) in [4.78, 5) is 11.8. The van der Waals surface area contributed by atoms with Crippen LogP contribution in [-0.4, -0.2) is 22.1 Å². The number of nitrogen functional groups attached to an aromatic ring is 1. The molecule has 0 aliphatic heterocycles. The summed E-state index contributed by atoms with van der Waals surface area (Å²) in [5, 5.41) is 9.39. The molecule has 1 aromatic rings. The minimum atomic E-state index is -0.112. The maximum Gasteiger partial charge on any atom is 0.269 e. The number of H-pyrrole nitrogens is 1. The van der Waals surface area contributed by atoms with Crippen molar-refractivity contribution in [2.45, 2.75) is 45.6 Å². The Bertz CT molecular complexity index is 400. The highest BCUT2D eigenvalue weighted by molar-refractivity contribution is 5.93. The van der Waals surface area contributed by atoms with Crippen molar-refractivity contribution in [1.82, 2.24) is 15.5 Å². The maximum absolute atomic E-state index is 11.8. The molecule has 5 heteroatoms. The molecule has 4 N–H and O–H groups in total. The molecular formula is C12H20N4O. The summed E-state index contributed by atoms with van der Waals surface area (Å²) in [5.41, 5.74) is 6.32. The molecule has 0 saturated heterocycles. The first kappa shape index (κ1) is 12.0. The predicted octanol–water partition coefficient (Wildman–Crippen LogP) is 1.69. The number of nitrogens with two attached hydrogens (primary N) is 1. The molecule has 0 radical (unpaired) electrons. The molecule has 1 aliphatic rings. The standard InChI is InChI=1S/C12H20N4O/c1-12(2)5-3-8(4-6-12)14-11(17)9-7-10(13)16-15-9/h7-8H,3-6H2,1-2H3,(H,14,17)(H3,13,15,16). The molecule has 0 aromatic carbocycles. The fourth-order valence-electron chi connectivity index (χ4n) is 2.26. The van der Waals surface area contributed by atoms with E-state index in [2.05, 4.69) is 29.4 Å². The molecule has 5 nitrogen and oxygen atoms in total. The van der Waals surface area contributed by atoms with Gasteiger partial charge in [-0.25, -0.2) is 0 Å². The zero-order valence-corrected chi connectivity index (χ0v) is 10.4. The van der Waals surface area contributed by atoms with Crippen LogP contribution in [0.5, 0.6) is 0 Å². The first-order valence-electron chi connectivity index (χ1n) is 6.08. The van der Waals surface area contributed by atoms with Gasteiger partial charge in [0.15, 0.2) is 0 Å². The summed E-state index contributed by atoms with van der Waals surface area (Å²) >= 11 is 0. The molecule has 2 rings (SSSR count). The van der Waals surface area contributed by atoms with E-state index >= 15 is 0 Å². The zero-order valence-electron chi connectivity index (χ0n) is 10.4. The van der Waals surface area contributed by atoms with Crippen LogP contribution in [0.25, 0.3) is 0 Å². The van der Waals surface area contributed by atoms with Gasteiger partial charge in [-0.1, -0.05) is 13.8 Å². The van der Waals surface area contributed by atoms with Crippen LogP contribution in [0, 0.1) is 5.41 Å². The zero-order chi connectivity index (χ0) is 12.5. The van der Waals surface area contributed by atoms with Gasteiger partial charge in [-0.2, -0.15) is 5.10 Å². The van der Waals surface area contributed by atoms with Crippen LogP contribution in [0.2, 0.25) is 0 Å². The molecule has 1 heterocycles. The van der Waals surface area contributed by atoms with E-state index in [0.29, 0.717) is 16.9 Å². The van der Waals surface area contributed by atoms with Gasteiger partial charge in [-0.15, -0.1) is 0 Å². The smallest absolute Gasteiger partial charge is 0.269 e. The number of anilines is 1. The van der Waals surface area contributed by atoms with Crippen LogP contribution >= 0.6 is 0 Å². The van der Waals surface area contributed by atoms with Gasteiger partial charge in [0.1, 0.15) is 11.5 Å². The van der Waals surface area contributed by atoms with Gasteiger partial charge in [0.05, 0.1) is 0 Å². The molecule has 1 amide bonds. The van der Waals surface area contributed by atoms with Crippen molar-refractivity contribution in [3.05, 3.63) is 11.8 Å². The van der Waals surface area contributed by atoms with E-state index in [4.69, 9.17) is 5.73 Å². The Labute approximate surface area is 101 Å². The van der Waals surface area contributed by atoms with E-state index in [1.54, 1.807) is 6.07 Å². The van der Waals surface area contributed by atoms with E-state index < -0.39 is 0 Å². The van der Waals surface area contributed by atoms with Crippen molar-refractivity contribution in [3.8, 4) is 0 Å². The van der Waals surface area contributed by atoms with Crippen LogP contribution in [0.3, 0.4) is 0 Å². The van der Waals surface area contributed by atoms with Gasteiger partial charge < -0.3 is 11.1 Å². The Morgan fingerprint density at radius 1 is 1.53 bits per heavy atom. The molecule has 17 heavy (non-hydrogen) atoms. The van der Waals surface area contributed by atoms with Crippen molar-refractivity contribution >= 4 is 11.7 Å². The lowest BCUT2D eigenvalue weighted by Crippen LogP contribution is -2.39. The largest absolute Gasteiger partial charge is 0.382 e. The number of amides is 1. The summed E-state index contributed by atoms with van der Waals surface area (Å²) in [6.07, 6.45) is 4.40. The summed E-state index contributed by atoms with van der Waals surface area (Å²) in [6, 6.07) is 1.84. The monoisotopic (exact) mass is 236 g/mol. The number of hydrogen-bond acceptors (Lipinski definition) is 3. The molecular weight excluding hydrogens is 216 g/mol. The molecule has 1 aliphatic carbocycles. The number of carbonyl (C=O) groups excluding carboxylic acids is 1. The summed E-state index contributed by atoms with van der Waals surface area (Å²) < 4.78 is 0. The number of nitrogens with one attached hydrogen (secondary N) is 2. The van der Waals surface area contributed by atoms with Gasteiger partial charge in [-0.3, -0.25) is 9.89 Å². The number of hydrogen-bond donors (Lipinski definition) is 3. The van der Waals surface area contributed by atoms with Crippen LogP contribution in [0.15, 0.2) is 6.07 Å². The molecule has 1 aromatic heterocycles. The van der Waals surface area contributed by atoms with E-state index in [9.17, 15) is 4.79 Å². The highest BCUT2D eigenvalue weighted by Gasteiger charge is 2.27. The second-order valence-corrected chi connectivity index (χ2v) is 5.62. The Balaban J connectivity index is 1.88. The molecule has 0 spiro atoms. The van der Waals surface area contributed by atoms with Crippen LogP contribution in [-0.2, 0) is 0 Å². The predicted molar refractivity (Wildman–Crippen MR) is 66.5 cm³/mol. The fourth-order valence-corrected chi connectivity index (χ4v) is 2.26. The van der Waals surface area contributed by atoms with Crippen molar-refractivity contribution < 1.29 is 4.79 Å². The third-order valence-electron chi connectivity index (χ3n) is 3.52.